The second kappa shape index (κ2) is 7.17. The lowest BCUT2D eigenvalue weighted by molar-refractivity contribution is -0.115. The molecule has 0 radical (unpaired) electrons. The highest BCUT2D eigenvalue weighted by molar-refractivity contribution is 7.99. The Bertz CT molecular complexity index is 589. The SMILES string of the molecule is Nc1ccc(SCCC(=O)Nc2cccc(Cl)c2)cn1. The van der Waals surface area contributed by atoms with Crippen molar-refractivity contribution in [3.63, 3.8) is 0 Å². The number of halogens is 1. The van der Waals surface area contributed by atoms with Crippen LogP contribution in [0, 0.1) is 0 Å². The minimum atomic E-state index is -0.0387. The number of hydrogen-bond acceptors (Lipinski definition) is 4. The maximum absolute atomic E-state index is 11.8. The number of aromatic nitrogens is 1. The zero-order chi connectivity index (χ0) is 14.4. The van der Waals surface area contributed by atoms with E-state index in [1.165, 1.54) is 0 Å². The molecule has 4 nitrogen and oxygen atoms in total. The number of amides is 1. The quantitative estimate of drug-likeness (QED) is 0.830. The summed E-state index contributed by atoms with van der Waals surface area (Å²) < 4.78 is 0. The van der Waals surface area contributed by atoms with Gasteiger partial charge in [0.25, 0.3) is 0 Å². The first-order valence-electron chi connectivity index (χ1n) is 6.03. The average Bonchev–Trinajstić information content (AvgIpc) is 2.41. The lowest BCUT2D eigenvalue weighted by atomic mass is 10.3. The molecule has 1 heterocycles. The maximum Gasteiger partial charge on any atom is 0.225 e. The molecular weight excluding hydrogens is 294 g/mol. The molecule has 2 rings (SSSR count). The molecule has 6 heteroatoms. The van der Waals surface area contributed by atoms with Gasteiger partial charge in [0.2, 0.25) is 5.91 Å². The van der Waals surface area contributed by atoms with Crippen LogP contribution in [0.5, 0.6) is 0 Å². The van der Waals surface area contributed by atoms with Crippen LogP contribution in [0.15, 0.2) is 47.5 Å². The number of anilines is 2. The summed E-state index contributed by atoms with van der Waals surface area (Å²) in [4.78, 5) is 16.8. The van der Waals surface area contributed by atoms with Crippen LogP contribution in [0.1, 0.15) is 6.42 Å². The van der Waals surface area contributed by atoms with Gasteiger partial charge >= 0.3 is 0 Å². The third kappa shape index (κ3) is 4.75. The third-order valence-electron chi connectivity index (χ3n) is 2.47. The summed E-state index contributed by atoms with van der Waals surface area (Å²) in [6.07, 6.45) is 2.12. The normalized spacial score (nSPS) is 10.2. The number of nitrogen functional groups attached to an aromatic ring is 1. The van der Waals surface area contributed by atoms with E-state index in [4.69, 9.17) is 17.3 Å². The smallest absolute Gasteiger partial charge is 0.225 e. The summed E-state index contributed by atoms with van der Waals surface area (Å²) in [5.41, 5.74) is 6.22. The molecule has 104 valence electrons. The zero-order valence-corrected chi connectivity index (χ0v) is 12.2. The predicted molar refractivity (Wildman–Crippen MR) is 84.1 cm³/mol. The van der Waals surface area contributed by atoms with Gasteiger partial charge in [-0.15, -0.1) is 11.8 Å². The van der Waals surface area contributed by atoms with Crippen LogP contribution < -0.4 is 11.1 Å². The number of thioether (sulfide) groups is 1. The first kappa shape index (κ1) is 14.7. The van der Waals surface area contributed by atoms with E-state index in [2.05, 4.69) is 10.3 Å². The number of nitrogens with two attached hydrogens (primary N) is 1. The van der Waals surface area contributed by atoms with Crippen molar-refractivity contribution in [3.8, 4) is 0 Å². The lowest BCUT2D eigenvalue weighted by Crippen LogP contribution is -2.12. The number of carbonyl (C=O) groups is 1. The van der Waals surface area contributed by atoms with Gasteiger partial charge in [-0.1, -0.05) is 17.7 Å². The van der Waals surface area contributed by atoms with E-state index in [9.17, 15) is 4.79 Å². The van der Waals surface area contributed by atoms with Crippen molar-refractivity contribution in [1.29, 1.82) is 0 Å². The first-order valence-corrected chi connectivity index (χ1v) is 7.39. The van der Waals surface area contributed by atoms with Gasteiger partial charge in [0, 0.05) is 34.0 Å². The van der Waals surface area contributed by atoms with Gasteiger partial charge in [0.05, 0.1) is 0 Å². The molecule has 0 aliphatic heterocycles. The molecule has 0 unspecified atom stereocenters. The molecule has 20 heavy (non-hydrogen) atoms. The monoisotopic (exact) mass is 307 g/mol. The number of nitrogens with zero attached hydrogens (tertiary/aromatic N) is 1. The van der Waals surface area contributed by atoms with Crippen molar-refractivity contribution >= 4 is 40.8 Å². The number of rotatable bonds is 5. The van der Waals surface area contributed by atoms with Crippen LogP contribution in [-0.4, -0.2) is 16.6 Å². The Morgan fingerprint density at radius 1 is 1.35 bits per heavy atom. The molecule has 1 aromatic carbocycles. The molecule has 0 saturated carbocycles. The van der Waals surface area contributed by atoms with Crippen LogP contribution in [0.25, 0.3) is 0 Å². The van der Waals surface area contributed by atoms with Crippen molar-refractivity contribution in [3.05, 3.63) is 47.6 Å². The van der Waals surface area contributed by atoms with Crippen LogP contribution in [0.4, 0.5) is 11.5 Å². The minimum absolute atomic E-state index is 0.0387. The number of nitrogens with one attached hydrogen (secondary N) is 1. The predicted octanol–water partition coefficient (Wildman–Crippen LogP) is 3.44. The Morgan fingerprint density at radius 2 is 2.20 bits per heavy atom. The minimum Gasteiger partial charge on any atom is -0.384 e. The van der Waals surface area contributed by atoms with Crippen LogP contribution >= 0.6 is 23.4 Å². The Balaban J connectivity index is 1.76. The standard InChI is InChI=1S/C14H14ClN3OS/c15-10-2-1-3-11(8-10)18-14(19)6-7-20-12-4-5-13(16)17-9-12/h1-5,8-9H,6-7H2,(H2,16,17)(H,18,19). The molecule has 0 saturated heterocycles. The van der Waals surface area contributed by atoms with Crippen molar-refractivity contribution in [1.82, 2.24) is 4.98 Å². The molecule has 0 spiro atoms. The van der Waals surface area contributed by atoms with Crippen LogP contribution in [0.3, 0.4) is 0 Å². The van der Waals surface area contributed by atoms with Gasteiger partial charge < -0.3 is 11.1 Å². The fourth-order valence-electron chi connectivity index (χ4n) is 1.53. The van der Waals surface area contributed by atoms with Crippen molar-refractivity contribution in [2.24, 2.45) is 0 Å². The number of hydrogen-bond donors (Lipinski definition) is 2. The van der Waals surface area contributed by atoms with Crippen LogP contribution in [-0.2, 0) is 4.79 Å². The summed E-state index contributed by atoms with van der Waals surface area (Å²) in [6, 6.07) is 10.7. The zero-order valence-electron chi connectivity index (χ0n) is 10.7. The van der Waals surface area contributed by atoms with E-state index in [1.54, 1.807) is 48.3 Å². The van der Waals surface area contributed by atoms with Gasteiger partial charge in [0.15, 0.2) is 0 Å². The summed E-state index contributed by atoms with van der Waals surface area (Å²) >= 11 is 7.42. The largest absolute Gasteiger partial charge is 0.384 e. The number of benzene rings is 1. The van der Waals surface area contributed by atoms with E-state index < -0.39 is 0 Å². The van der Waals surface area contributed by atoms with Gasteiger partial charge in [0.1, 0.15) is 5.82 Å². The van der Waals surface area contributed by atoms with Crippen molar-refractivity contribution in [2.75, 3.05) is 16.8 Å². The molecule has 0 aliphatic carbocycles. The summed E-state index contributed by atoms with van der Waals surface area (Å²) in [7, 11) is 0. The molecule has 0 aliphatic rings. The lowest BCUT2D eigenvalue weighted by Gasteiger charge is -2.05. The molecule has 0 fully saturated rings. The van der Waals surface area contributed by atoms with Crippen LogP contribution in [0.2, 0.25) is 5.02 Å². The fraction of sp³-hybridized carbons (Fsp3) is 0.143. The highest BCUT2D eigenvalue weighted by Gasteiger charge is 2.03. The average molecular weight is 308 g/mol. The molecule has 0 bridgehead atoms. The van der Waals surface area contributed by atoms with Gasteiger partial charge in [-0.2, -0.15) is 0 Å². The summed E-state index contributed by atoms with van der Waals surface area (Å²) in [6.45, 7) is 0. The maximum atomic E-state index is 11.8. The molecule has 2 aromatic rings. The summed E-state index contributed by atoms with van der Waals surface area (Å²) in [5.74, 6) is 1.13. The second-order valence-corrected chi connectivity index (χ2v) is 5.68. The van der Waals surface area contributed by atoms with E-state index in [0.29, 0.717) is 28.7 Å². The second-order valence-electron chi connectivity index (χ2n) is 4.08. The highest BCUT2D eigenvalue weighted by Crippen LogP contribution is 2.19. The Hall–Kier alpha value is -1.72. The number of pyridine rings is 1. The van der Waals surface area contributed by atoms with Gasteiger partial charge in [-0.05, 0) is 30.3 Å². The fourth-order valence-corrected chi connectivity index (χ4v) is 2.53. The van der Waals surface area contributed by atoms with E-state index in [0.717, 1.165) is 4.90 Å². The molecule has 0 atom stereocenters. The van der Waals surface area contributed by atoms with Crippen molar-refractivity contribution < 1.29 is 4.79 Å². The van der Waals surface area contributed by atoms with E-state index >= 15 is 0 Å². The Morgan fingerprint density at radius 3 is 2.90 bits per heavy atom. The molecular formula is C14H14ClN3OS. The first-order chi connectivity index (χ1) is 9.63. The Labute approximate surface area is 126 Å². The van der Waals surface area contributed by atoms with E-state index in [-0.39, 0.29) is 5.91 Å². The van der Waals surface area contributed by atoms with E-state index in [1.807, 2.05) is 6.07 Å². The Kier molecular flexibility index (Phi) is 5.26. The molecule has 3 N–H and O–H groups in total. The molecule has 1 amide bonds. The number of carbonyl (C=O) groups excluding carboxylic acids is 1. The van der Waals surface area contributed by atoms with Gasteiger partial charge in [-0.25, -0.2) is 4.98 Å². The topological polar surface area (TPSA) is 68.0 Å². The highest BCUT2D eigenvalue weighted by atomic mass is 35.5. The summed E-state index contributed by atoms with van der Waals surface area (Å²) in [5, 5.41) is 3.41. The van der Waals surface area contributed by atoms with Crippen molar-refractivity contribution in [2.45, 2.75) is 11.3 Å². The third-order valence-corrected chi connectivity index (χ3v) is 3.68. The van der Waals surface area contributed by atoms with Gasteiger partial charge in [-0.3, -0.25) is 4.79 Å². The molecule has 1 aromatic heterocycles.